The van der Waals surface area contributed by atoms with Gasteiger partial charge in [-0.15, -0.1) is 0 Å². The van der Waals surface area contributed by atoms with Gasteiger partial charge in [0.15, 0.2) is 0 Å². The van der Waals surface area contributed by atoms with Crippen LogP contribution in [0.5, 0.6) is 5.75 Å². The van der Waals surface area contributed by atoms with Crippen LogP contribution in [-0.4, -0.2) is 48.8 Å². The van der Waals surface area contributed by atoms with Crippen molar-refractivity contribution in [2.24, 2.45) is 5.73 Å². The number of ether oxygens (including phenoxy) is 1. The number of aldehydes is 1. The first-order valence-corrected chi connectivity index (χ1v) is 9.65. The number of hydrogen-bond acceptors (Lipinski definition) is 6. The zero-order valence-corrected chi connectivity index (χ0v) is 18.9. The fourth-order valence-corrected chi connectivity index (χ4v) is 2.30. The molecular formula is C23H31FN4O3. The number of halogens is 1. The minimum Gasteiger partial charge on any atom is -0.489 e. The molecule has 1 amide bonds. The molecule has 3 N–H and O–H groups in total. The van der Waals surface area contributed by atoms with E-state index < -0.39 is 11.4 Å². The van der Waals surface area contributed by atoms with Gasteiger partial charge < -0.3 is 25.5 Å². The normalized spacial score (nSPS) is 11.7. The molecule has 0 aliphatic rings. The largest absolute Gasteiger partial charge is 0.489 e. The maximum atomic E-state index is 13.7. The lowest BCUT2D eigenvalue weighted by Gasteiger charge is -2.20. The molecule has 0 unspecified atom stereocenters. The maximum Gasteiger partial charge on any atom is 0.255 e. The Kier molecular flexibility index (Phi) is 9.82. The molecule has 2 rings (SSSR count). The minimum absolute atomic E-state index is 0.0289. The number of nitrogens with zero attached hydrogens (tertiary/aromatic N) is 2. The first kappa shape index (κ1) is 25.8. The smallest absolute Gasteiger partial charge is 0.255 e. The second-order valence-electron chi connectivity index (χ2n) is 7.95. The molecule has 8 heteroatoms. The van der Waals surface area contributed by atoms with Crippen molar-refractivity contribution in [3.05, 3.63) is 65.4 Å². The van der Waals surface area contributed by atoms with Crippen LogP contribution in [0, 0.1) is 5.82 Å². The minimum atomic E-state index is -1.04. The zero-order chi connectivity index (χ0) is 23.6. The van der Waals surface area contributed by atoms with Crippen LogP contribution in [0.25, 0.3) is 5.57 Å². The molecule has 7 nitrogen and oxygen atoms in total. The first-order valence-electron chi connectivity index (χ1n) is 9.65. The zero-order valence-electron chi connectivity index (χ0n) is 18.9. The topological polar surface area (TPSA) is 97.5 Å². The highest BCUT2D eigenvalue weighted by Gasteiger charge is 2.24. The van der Waals surface area contributed by atoms with Crippen LogP contribution < -0.4 is 15.8 Å². The van der Waals surface area contributed by atoms with Crippen molar-refractivity contribution in [1.29, 1.82) is 0 Å². The third-order valence-corrected chi connectivity index (χ3v) is 3.69. The van der Waals surface area contributed by atoms with Crippen molar-refractivity contribution < 1.29 is 18.7 Å². The highest BCUT2D eigenvalue weighted by Crippen LogP contribution is 2.21. The van der Waals surface area contributed by atoms with Crippen molar-refractivity contribution in [3.63, 3.8) is 0 Å². The van der Waals surface area contributed by atoms with Crippen LogP contribution in [0.2, 0.25) is 0 Å². The van der Waals surface area contributed by atoms with Gasteiger partial charge in [0.2, 0.25) is 0 Å². The molecule has 1 heterocycles. The van der Waals surface area contributed by atoms with E-state index in [2.05, 4.69) is 10.3 Å². The maximum absolute atomic E-state index is 13.7. The van der Waals surface area contributed by atoms with E-state index >= 15 is 0 Å². The highest BCUT2D eigenvalue weighted by atomic mass is 19.1. The van der Waals surface area contributed by atoms with Crippen molar-refractivity contribution in [3.8, 4) is 5.75 Å². The van der Waals surface area contributed by atoms with Gasteiger partial charge in [-0.05, 0) is 54.0 Å². The number of nitrogens with one attached hydrogen (secondary N) is 1. The Balaban J connectivity index is 0.00000110. The molecule has 2 aromatic rings. The molecule has 0 spiro atoms. The summed E-state index contributed by atoms with van der Waals surface area (Å²) in [5.74, 6) is -0.476. The molecule has 0 bridgehead atoms. The Labute approximate surface area is 183 Å². The van der Waals surface area contributed by atoms with Gasteiger partial charge in [0.25, 0.3) is 5.91 Å². The number of rotatable bonds is 7. The lowest BCUT2D eigenvalue weighted by molar-refractivity contribution is -0.121. The summed E-state index contributed by atoms with van der Waals surface area (Å²) >= 11 is 0. The molecular weight excluding hydrogens is 399 g/mol. The fourth-order valence-electron chi connectivity index (χ4n) is 2.30. The number of benzene rings is 1. The summed E-state index contributed by atoms with van der Waals surface area (Å²) in [6, 6.07) is 9.44. The predicted molar refractivity (Wildman–Crippen MR) is 120 cm³/mol. The average Bonchev–Trinajstić information content (AvgIpc) is 2.67. The summed E-state index contributed by atoms with van der Waals surface area (Å²) in [6.45, 7) is 4.74. The van der Waals surface area contributed by atoms with Gasteiger partial charge in [0.1, 0.15) is 24.5 Å². The highest BCUT2D eigenvalue weighted by molar-refractivity contribution is 6.20. The van der Waals surface area contributed by atoms with Crippen LogP contribution >= 0.6 is 0 Å². The predicted octanol–water partition coefficient (Wildman–Crippen LogP) is 2.76. The summed E-state index contributed by atoms with van der Waals surface area (Å²) in [5, 5.41) is 2.60. The Morgan fingerprint density at radius 2 is 1.87 bits per heavy atom. The van der Waals surface area contributed by atoms with Crippen LogP contribution in [0.1, 0.15) is 32.0 Å². The van der Waals surface area contributed by atoms with Crippen LogP contribution in [0.15, 0.2) is 48.3 Å². The molecule has 0 aliphatic heterocycles. The molecule has 168 valence electrons. The van der Waals surface area contributed by atoms with Gasteiger partial charge in [-0.3, -0.25) is 9.78 Å². The number of pyridine rings is 1. The van der Waals surface area contributed by atoms with Gasteiger partial charge in [-0.25, -0.2) is 4.39 Å². The first-order chi connectivity index (χ1) is 14.5. The number of carbonyl (C=O) groups is 2. The van der Waals surface area contributed by atoms with E-state index in [1.807, 2.05) is 26.0 Å². The number of hydrogen-bond donors (Lipinski definition) is 2. The second kappa shape index (κ2) is 11.8. The number of nitrogens with two attached hydrogens (primary N) is 1. The quantitative estimate of drug-likeness (QED) is 0.518. The summed E-state index contributed by atoms with van der Waals surface area (Å²) < 4.78 is 19.3. The van der Waals surface area contributed by atoms with Gasteiger partial charge in [-0.2, -0.15) is 0 Å². The molecule has 31 heavy (non-hydrogen) atoms. The molecule has 1 aromatic heterocycles. The van der Waals surface area contributed by atoms with E-state index in [0.717, 1.165) is 0 Å². The van der Waals surface area contributed by atoms with E-state index in [1.54, 1.807) is 51.1 Å². The summed E-state index contributed by atoms with van der Waals surface area (Å²) in [5.41, 5.74) is 5.90. The molecule has 0 fully saturated rings. The van der Waals surface area contributed by atoms with Crippen LogP contribution in [-0.2, 0) is 16.2 Å². The monoisotopic (exact) mass is 430 g/mol. The number of amides is 1. The number of carbonyl (C=O) groups excluding carboxylic acids is 2. The summed E-state index contributed by atoms with van der Waals surface area (Å²) in [6.07, 6.45) is 2.10. The van der Waals surface area contributed by atoms with Crippen molar-refractivity contribution in [2.45, 2.75) is 32.9 Å². The molecule has 0 saturated heterocycles. The third-order valence-electron chi connectivity index (χ3n) is 3.69. The fraction of sp³-hybridized carbons (Fsp3) is 0.348. The Morgan fingerprint density at radius 1 is 1.26 bits per heavy atom. The van der Waals surface area contributed by atoms with Gasteiger partial charge in [0, 0.05) is 23.5 Å². The van der Waals surface area contributed by atoms with Crippen LogP contribution in [0.4, 0.5) is 4.39 Å². The Morgan fingerprint density at radius 3 is 2.42 bits per heavy atom. The van der Waals surface area contributed by atoms with E-state index in [4.69, 9.17) is 10.5 Å². The van der Waals surface area contributed by atoms with Crippen molar-refractivity contribution in [2.75, 3.05) is 21.1 Å². The third kappa shape index (κ3) is 8.96. The lowest BCUT2D eigenvalue weighted by Crippen LogP contribution is -2.45. The SMILES string of the molecule is C/C(N)=C(\C(=O)NC(C)(C)C=O)c1cc(OCc2ccccc2F)ccn1.CN(C)C. The van der Waals surface area contributed by atoms with Crippen molar-refractivity contribution in [1.82, 2.24) is 15.2 Å². The lowest BCUT2D eigenvalue weighted by atomic mass is 10.0. The van der Waals surface area contributed by atoms with E-state index in [-0.39, 0.29) is 23.7 Å². The van der Waals surface area contributed by atoms with Gasteiger partial charge >= 0.3 is 0 Å². The number of aromatic nitrogens is 1. The van der Waals surface area contributed by atoms with E-state index in [9.17, 15) is 14.0 Å². The number of allylic oxidation sites excluding steroid dienone is 1. The second-order valence-corrected chi connectivity index (χ2v) is 7.95. The van der Waals surface area contributed by atoms with Crippen molar-refractivity contribution >= 4 is 17.8 Å². The van der Waals surface area contributed by atoms with Crippen LogP contribution in [0.3, 0.4) is 0 Å². The Hall–Kier alpha value is -3.26. The summed E-state index contributed by atoms with van der Waals surface area (Å²) in [7, 11) is 6.00. The Bertz CT molecular complexity index is 920. The standard InChI is InChI=1S/C20H22FN3O3.C3H9N/c1-13(22)18(19(26)24-20(2,3)12-25)17-10-15(8-9-23-17)27-11-14-6-4-5-7-16(14)21;1-4(2)3/h4-10,12H,11,22H2,1-3H3,(H,24,26);1-3H3/b18-13+;. The molecule has 0 atom stereocenters. The molecule has 1 aromatic carbocycles. The van der Waals surface area contributed by atoms with E-state index in [1.165, 1.54) is 12.3 Å². The summed E-state index contributed by atoms with van der Waals surface area (Å²) in [4.78, 5) is 29.8. The van der Waals surface area contributed by atoms with Gasteiger partial charge in [-0.1, -0.05) is 18.2 Å². The molecule has 0 aliphatic carbocycles. The van der Waals surface area contributed by atoms with Gasteiger partial charge in [0.05, 0.1) is 16.8 Å². The average molecular weight is 431 g/mol. The molecule has 0 radical (unpaired) electrons. The van der Waals surface area contributed by atoms with E-state index in [0.29, 0.717) is 23.3 Å². The molecule has 0 saturated carbocycles.